The summed E-state index contributed by atoms with van der Waals surface area (Å²) in [6, 6.07) is 4.18. The fraction of sp³-hybridized carbons (Fsp3) is 0.300. The van der Waals surface area contributed by atoms with E-state index >= 15 is 0 Å². The van der Waals surface area contributed by atoms with Crippen molar-refractivity contribution >= 4 is 6.21 Å². The number of benzene rings is 1. The second-order valence-corrected chi connectivity index (χ2v) is 2.94. The Hall–Kier alpha value is -1.11. The first-order valence-electron chi connectivity index (χ1n) is 3.73. The van der Waals surface area contributed by atoms with E-state index < -0.39 is 0 Å². The van der Waals surface area contributed by atoms with Gasteiger partial charge in [-0.05, 0) is 37.5 Å². The van der Waals surface area contributed by atoms with Gasteiger partial charge in [-0.1, -0.05) is 17.7 Å². The van der Waals surface area contributed by atoms with Crippen LogP contribution in [0, 0.1) is 26.2 Å². The average molecular weight is 147 g/mol. The zero-order chi connectivity index (χ0) is 8.43. The van der Waals surface area contributed by atoms with Gasteiger partial charge in [-0.15, -0.1) is 0 Å². The summed E-state index contributed by atoms with van der Waals surface area (Å²) in [5.41, 5.74) is 4.74. The molecule has 58 valence electrons. The van der Waals surface area contributed by atoms with Crippen LogP contribution in [0.2, 0.25) is 0 Å². The Morgan fingerprint density at radius 1 is 1.18 bits per heavy atom. The lowest BCUT2D eigenvalue weighted by molar-refractivity contribution is 1.28. The molecular weight excluding hydrogens is 134 g/mol. The molecule has 0 aliphatic carbocycles. The van der Waals surface area contributed by atoms with E-state index in [-0.39, 0.29) is 0 Å². The standard InChI is InChI=1S/C10H13N/c1-7-4-8(2)9(3)10(5-7)6-11/h4-6,11H,1-3H3. The molecule has 1 aromatic rings. The van der Waals surface area contributed by atoms with E-state index in [1.54, 1.807) is 0 Å². The molecule has 0 atom stereocenters. The molecule has 0 aliphatic heterocycles. The van der Waals surface area contributed by atoms with Crippen molar-refractivity contribution in [3.63, 3.8) is 0 Å². The van der Waals surface area contributed by atoms with Crippen LogP contribution >= 0.6 is 0 Å². The van der Waals surface area contributed by atoms with Crippen molar-refractivity contribution in [1.82, 2.24) is 0 Å². The molecule has 0 aliphatic rings. The van der Waals surface area contributed by atoms with Gasteiger partial charge in [-0.25, -0.2) is 0 Å². The highest BCUT2D eigenvalue weighted by molar-refractivity contribution is 5.80. The van der Waals surface area contributed by atoms with Crippen LogP contribution < -0.4 is 0 Å². The maximum absolute atomic E-state index is 7.15. The summed E-state index contributed by atoms with van der Waals surface area (Å²) in [5, 5.41) is 7.15. The molecule has 1 rings (SSSR count). The van der Waals surface area contributed by atoms with Crippen LogP contribution in [0.25, 0.3) is 0 Å². The van der Waals surface area contributed by atoms with Crippen molar-refractivity contribution in [3.8, 4) is 0 Å². The highest BCUT2D eigenvalue weighted by Gasteiger charge is 1.98. The number of hydrogen-bond donors (Lipinski definition) is 1. The highest BCUT2D eigenvalue weighted by Crippen LogP contribution is 2.13. The van der Waals surface area contributed by atoms with Gasteiger partial charge >= 0.3 is 0 Å². The van der Waals surface area contributed by atoms with E-state index in [0.717, 1.165) is 5.56 Å². The maximum Gasteiger partial charge on any atom is 0.0253 e. The first kappa shape index (κ1) is 7.99. The van der Waals surface area contributed by atoms with Crippen LogP contribution in [0.15, 0.2) is 12.1 Å². The van der Waals surface area contributed by atoms with Gasteiger partial charge in [0.2, 0.25) is 0 Å². The third-order valence-electron chi connectivity index (χ3n) is 2.01. The second kappa shape index (κ2) is 2.87. The Balaban J connectivity index is 3.35. The third-order valence-corrected chi connectivity index (χ3v) is 2.01. The molecule has 0 spiro atoms. The Labute approximate surface area is 67.6 Å². The van der Waals surface area contributed by atoms with Gasteiger partial charge < -0.3 is 5.41 Å². The number of nitrogens with one attached hydrogen (secondary N) is 1. The monoisotopic (exact) mass is 147 g/mol. The lowest BCUT2D eigenvalue weighted by Gasteiger charge is -2.04. The zero-order valence-electron chi connectivity index (χ0n) is 7.23. The molecular formula is C10H13N. The van der Waals surface area contributed by atoms with Crippen molar-refractivity contribution < 1.29 is 0 Å². The van der Waals surface area contributed by atoms with E-state index in [0.29, 0.717) is 0 Å². The molecule has 0 saturated heterocycles. The van der Waals surface area contributed by atoms with Crippen molar-refractivity contribution in [1.29, 1.82) is 5.41 Å². The van der Waals surface area contributed by atoms with E-state index in [1.807, 2.05) is 6.07 Å². The molecule has 0 aromatic heterocycles. The smallest absolute Gasteiger partial charge is 0.0253 e. The molecule has 0 fully saturated rings. The molecule has 1 nitrogen and oxygen atoms in total. The van der Waals surface area contributed by atoms with Crippen LogP contribution in [0.5, 0.6) is 0 Å². The van der Waals surface area contributed by atoms with Crippen molar-refractivity contribution in [3.05, 3.63) is 34.4 Å². The Bertz CT molecular complexity index is 287. The highest BCUT2D eigenvalue weighted by atomic mass is 14.3. The topological polar surface area (TPSA) is 23.9 Å². The zero-order valence-corrected chi connectivity index (χ0v) is 7.23. The third kappa shape index (κ3) is 1.48. The molecule has 1 N–H and O–H groups in total. The SMILES string of the molecule is Cc1cc(C)c(C)c(C=N)c1. The van der Waals surface area contributed by atoms with Gasteiger partial charge in [-0.3, -0.25) is 0 Å². The summed E-state index contributed by atoms with van der Waals surface area (Å²) in [4.78, 5) is 0. The molecule has 0 amide bonds. The van der Waals surface area contributed by atoms with Crippen LogP contribution in [0.4, 0.5) is 0 Å². The Kier molecular flexibility index (Phi) is 2.08. The van der Waals surface area contributed by atoms with Gasteiger partial charge in [0.15, 0.2) is 0 Å². The summed E-state index contributed by atoms with van der Waals surface area (Å²) in [6.07, 6.45) is 1.41. The summed E-state index contributed by atoms with van der Waals surface area (Å²) in [6.45, 7) is 6.18. The van der Waals surface area contributed by atoms with Gasteiger partial charge in [-0.2, -0.15) is 0 Å². The predicted molar refractivity (Wildman–Crippen MR) is 48.5 cm³/mol. The molecule has 1 aromatic carbocycles. The van der Waals surface area contributed by atoms with Gasteiger partial charge in [0.05, 0.1) is 0 Å². The summed E-state index contributed by atoms with van der Waals surface area (Å²) in [7, 11) is 0. The summed E-state index contributed by atoms with van der Waals surface area (Å²) < 4.78 is 0. The minimum absolute atomic E-state index is 1.03. The Morgan fingerprint density at radius 2 is 1.82 bits per heavy atom. The van der Waals surface area contributed by atoms with E-state index in [4.69, 9.17) is 5.41 Å². The van der Waals surface area contributed by atoms with Crippen molar-refractivity contribution in [2.45, 2.75) is 20.8 Å². The Morgan fingerprint density at radius 3 is 2.36 bits per heavy atom. The second-order valence-electron chi connectivity index (χ2n) is 2.94. The minimum Gasteiger partial charge on any atom is -0.308 e. The minimum atomic E-state index is 1.03. The molecule has 0 saturated carbocycles. The molecule has 0 radical (unpaired) electrons. The van der Waals surface area contributed by atoms with E-state index in [2.05, 4.69) is 26.8 Å². The van der Waals surface area contributed by atoms with Gasteiger partial charge in [0.1, 0.15) is 0 Å². The maximum atomic E-state index is 7.15. The fourth-order valence-electron chi connectivity index (χ4n) is 1.22. The van der Waals surface area contributed by atoms with Crippen molar-refractivity contribution in [2.24, 2.45) is 0 Å². The summed E-state index contributed by atoms with van der Waals surface area (Å²) in [5.74, 6) is 0. The van der Waals surface area contributed by atoms with Crippen LogP contribution in [0.1, 0.15) is 22.3 Å². The van der Waals surface area contributed by atoms with Crippen LogP contribution in [-0.4, -0.2) is 6.21 Å². The largest absolute Gasteiger partial charge is 0.308 e. The van der Waals surface area contributed by atoms with E-state index in [1.165, 1.54) is 22.9 Å². The molecule has 0 bridgehead atoms. The van der Waals surface area contributed by atoms with Gasteiger partial charge in [0, 0.05) is 6.21 Å². The van der Waals surface area contributed by atoms with Crippen LogP contribution in [0.3, 0.4) is 0 Å². The molecule has 0 heterocycles. The van der Waals surface area contributed by atoms with Gasteiger partial charge in [0.25, 0.3) is 0 Å². The lowest BCUT2D eigenvalue weighted by Crippen LogP contribution is -1.91. The summed E-state index contributed by atoms with van der Waals surface area (Å²) >= 11 is 0. The van der Waals surface area contributed by atoms with E-state index in [9.17, 15) is 0 Å². The van der Waals surface area contributed by atoms with Crippen LogP contribution in [-0.2, 0) is 0 Å². The van der Waals surface area contributed by atoms with Crippen molar-refractivity contribution in [2.75, 3.05) is 0 Å². The molecule has 0 unspecified atom stereocenters. The fourth-order valence-corrected chi connectivity index (χ4v) is 1.22. The first-order chi connectivity index (χ1) is 5.15. The predicted octanol–water partition coefficient (Wildman–Crippen LogP) is 2.61. The molecule has 11 heavy (non-hydrogen) atoms. The lowest BCUT2D eigenvalue weighted by atomic mass is 10.0. The molecule has 1 heteroatoms. The first-order valence-corrected chi connectivity index (χ1v) is 3.73. The number of hydrogen-bond acceptors (Lipinski definition) is 1. The quantitative estimate of drug-likeness (QED) is 0.590. The number of aryl methyl sites for hydroxylation is 2. The average Bonchev–Trinajstić information content (AvgIpc) is 1.96. The number of rotatable bonds is 1. The normalized spacial score (nSPS) is 9.73.